The Morgan fingerprint density at radius 1 is 0.618 bits per heavy atom. The summed E-state index contributed by atoms with van der Waals surface area (Å²) in [6, 6.07) is 35.4. The van der Waals surface area contributed by atoms with E-state index in [0.717, 1.165) is 20.4 Å². The van der Waals surface area contributed by atoms with Gasteiger partial charge < -0.3 is 4.74 Å². The molecule has 0 radical (unpaired) electrons. The molecular formula is C28H29O4S2+. The number of hydrogen-bond donors (Lipinski definition) is 1. The van der Waals surface area contributed by atoms with E-state index >= 15 is 0 Å². The minimum atomic E-state index is -3.85. The van der Waals surface area contributed by atoms with Gasteiger partial charge in [0.1, 0.15) is 16.2 Å². The van der Waals surface area contributed by atoms with Crippen LogP contribution in [0.15, 0.2) is 135 Å². The van der Waals surface area contributed by atoms with Gasteiger partial charge in [-0.05, 0) is 81.4 Å². The van der Waals surface area contributed by atoms with Crippen molar-refractivity contribution in [2.24, 2.45) is 0 Å². The molecule has 0 fully saturated rings. The molecule has 34 heavy (non-hydrogen) atoms. The Bertz CT molecular complexity index is 1300. The van der Waals surface area contributed by atoms with E-state index in [-0.39, 0.29) is 10.5 Å². The minimum absolute atomic E-state index is 0.228. The third kappa shape index (κ3) is 5.20. The fraction of sp³-hybridized carbons (Fsp3) is 0.143. The van der Waals surface area contributed by atoms with E-state index in [1.54, 1.807) is 24.3 Å². The molecule has 1 atom stereocenters. The summed E-state index contributed by atoms with van der Waals surface area (Å²) in [5.41, 5.74) is -0.340. The molecule has 0 amide bonds. The van der Waals surface area contributed by atoms with Crippen LogP contribution in [0.4, 0.5) is 0 Å². The largest absolute Gasteiger partial charge is 0.488 e. The zero-order valence-electron chi connectivity index (χ0n) is 19.5. The number of benzene rings is 4. The molecule has 0 aliphatic carbocycles. The van der Waals surface area contributed by atoms with Gasteiger partial charge in [-0.2, -0.15) is 0 Å². The molecule has 0 aromatic heterocycles. The molecule has 0 aliphatic heterocycles. The topological polar surface area (TPSA) is 57.8 Å². The number of ether oxygens (including phenoxy) is 1. The van der Waals surface area contributed by atoms with Crippen LogP contribution in [0.2, 0.25) is 0 Å². The monoisotopic (exact) mass is 493 g/mol. The Morgan fingerprint density at radius 3 is 1.41 bits per heavy atom. The first-order valence-corrected chi connectivity index (χ1v) is 14.0. The summed E-state index contributed by atoms with van der Waals surface area (Å²) in [5, 5.41) is 0. The molecule has 4 rings (SSSR count). The summed E-state index contributed by atoms with van der Waals surface area (Å²) in [5.74, 6) is 0.721. The molecular weight excluding hydrogens is 464 g/mol. The second-order valence-electron chi connectivity index (χ2n) is 8.72. The molecule has 4 nitrogen and oxygen atoms in total. The van der Waals surface area contributed by atoms with Gasteiger partial charge in [0.15, 0.2) is 10.3 Å². The van der Waals surface area contributed by atoms with Crippen molar-refractivity contribution in [3.63, 3.8) is 0 Å². The van der Waals surface area contributed by atoms with Crippen LogP contribution in [0.1, 0.15) is 20.8 Å². The maximum atomic E-state index is 13.7. The third-order valence-electron chi connectivity index (χ3n) is 4.97. The average molecular weight is 494 g/mol. The second-order valence-corrected chi connectivity index (χ2v) is 13.2. The number of rotatable bonds is 6. The first-order valence-electron chi connectivity index (χ1n) is 11.0. The van der Waals surface area contributed by atoms with Gasteiger partial charge in [0.25, 0.3) is 0 Å². The van der Waals surface area contributed by atoms with Gasteiger partial charge >= 0.3 is 10.1 Å². The zero-order valence-corrected chi connectivity index (χ0v) is 21.1. The first kappa shape index (κ1) is 24.1. The van der Waals surface area contributed by atoms with E-state index < -0.39 is 20.4 Å². The zero-order chi connectivity index (χ0) is 24.2. The van der Waals surface area contributed by atoms with Crippen molar-refractivity contribution >= 4 is 20.4 Å². The molecule has 0 spiro atoms. The van der Waals surface area contributed by atoms with Gasteiger partial charge in [-0.3, -0.25) is 0 Å². The van der Waals surface area contributed by atoms with E-state index in [0.29, 0.717) is 0 Å². The van der Waals surface area contributed by atoms with Crippen molar-refractivity contribution in [3.05, 3.63) is 115 Å². The van der Waals surface area contributed by atoms with E-state index in [2.05, 4.69) is 0 Å². The van der Waals surface area contributed by atoms with Gasteiger partial charge in [0.05, 0.1) is 14.7 Å². The van der Waals surface area contributed by atoms with E-state index in [4.69, 9.17) is 8.02 Å². The van der Waals surface area contributed by atoms with Gasteiger partial charge in [-0.25, -0.2) is 4.55 Å². The van der Waals surface area contributed by atoms with Crippen molar-refractivity contribution in [3.8, 4) is 5.75 Å². The fourth-order valence-corrected chi connectivity index (χ4v) is 8.85. The van der Waals surface area contributed by atoms with Crippen LogP contribution in [-0.4, -0.2) is 14.4 Å². The Morgan fingerprint density at radius 2 is 1.00 bits per heavy atom. The van der Waals surface area contributed by atoms with Crippen LogP contribution in [-0.2, 0) is 13.4 Å². The highest BCUT2D eigenvalue weighted by molar-refractivity contribution is 8.30. The van der Waals surface area contributed by atoms with Crippen molar-refractivity contribution in [1.29, 1.82) is 0 Å². The molecule has 0 aliphatic rings. The lowest BCUT2D eigenvalue weighted by Gasteiger charge is -2.26. The predicted molar refractivity (Wildman–Crippen MR) is 138 cm³/mol. The maximum absolute atomic E-state index is 13.7. The molecule has 4 aromatic rings. The minimum Gasteiger partial charge on any atom is -0.488 e. The molecule has 0 saturated heterocycles. The summed E-state index contributed by atoms with van der Waals surface area (Å²) in [6.45, 7) is 5.98. The highest BCUT2D eigenvalue weighted by Crippen LogP contribution is 2.68. The lowest BCUT2D eigenvalue weighted by molar-refractivity contribution is 0.131. The van der Waals surface area contributed by atoms with Crippen LogP contribution >= 0.6 is 10.3 Å². The van der Waals surface area contributed by atoms with E-state index in [1.807, 2.05) is 112 Å². The predicted octanol–water partition coefficient (Wildman–Crippen LogP) is 7.76. The lowest BCUT2D eigenvalue weighted by atomic mass is 10.2. The molecule has 0 saturated carbocycles. The Balaban J connectivity index is 2.03. The van der Waals surface area contributed by atoms with E-state index in [9.17, 15) is 8.76 Å². The molecule has 1 unspecified atom stereocenters. The van der Waals surface area contributed by atoms with E-state index in [1.165, 1.54) is 0 Å². The Labute approximate surface area is 203 Å². The van der Waals surface area contributed by atoms with Crippen molar-refractivity contribution < 1.29 is 16.8 Å². The highest BCUT2D eigenvalue weighted by Gasteiger charge is 2.45. The molecule has 6 heteroatoms. The second kappa shape index (κ2) is 9.66. The molecule has 1 N–H and O–H groups in total. The summed E-state index contributed by atoms with van der Waals surface area (Å²) in [7, 11) is -6.43. The van der Waals surface area contributed by atoms with Gasteiger partial charge in [0, 0.05) is 0 Å². The van der Waals surface area contributed by atoms with Crippen molar-refractivity contribution in [2.75, 3.05) is 0 Å². The molecule has 176 valence electrons. The quantitative estimate of drug-likeness (QED) is 0.221. The van der Waals surface area contributed by atoms with Gasteiger partial charge in [0.2, 0.25) is 0 Å². The van der Waals surface area contributed by atoms with Crippen LogP contribution in [0.25, 0.3) is 0 Å². The van der Waals surface area contributed by atoms with Crippen molar-refractivity contribution in [1.82, 2.24) is 0 Å². The standard InChI is InChI=1S/C28H28O4S2/c1-28(2,3)31-23-19-21-26(22-20-23)33(24-13-7-4-8-14-24,25-15-9-5-10-16-25)32-34(29,30)27-17-11-6-12-18-27/h4-22H,1-3H3/p+1. The third-order valence-corrected chi connectivity index (χ3v) is 10.2. The Hall–Kier alpha value is -3.06. The maximum Gasteiger partial charge on any atom is 0.454 e. The molecule has 0 bridgehead atoms. The highest BCUT2D eigenvalue weighted by atomic mass is 32.3. The van der Waals surface area contributed by atoms with Gasteiger partial charge in [-0.15, -0.1) is 7.49 Å². The smallest absolute Gasteiger partial charge is 0.454 e. The normalized spacial score (nSPS) is 14.1. The number of hydrogen-bond acceptors (Lipinski definition) is 2. The molecule has 0 heterocycles. The summed E-state index contributed by atoms with van der Waals surface area (Å²) in [6.07, 6.45) is 0. The fourth-order valence-electron chi connectivity index (χ4n) is 3.57. The summed E-state index contributed by atoms with van der Waals surface area (Å²) in [4.78, 5) is 2.67. The van der Waals surface area contributed by atoms with Crippen molar-refractivity contribution in [2.45, 2.75) is 46.0 Å². The average Bonchev–Trinajstić information content (AvgIpc) is 2.84. The molecule has 4 aromatic carbocycles. The summed E-state index contributed by atoms with van der Waals surface area (Å²) >= 11 is 0. The Kier molecular flexibility index (Phi) is 6.84. The van der Waals surface area contributed by atoms with Crippen LogP contribution in [0.3, 0.4) is 0 Å². The van der Waals surface area contributed by atoms with Crippen LogP contribution in [0, 0.1) is 0 Å². The lowest BCUT2D eigenvalue weighted by Crippen LogP contribution is -2.22. The first-order chi connectivity index (χ1) is 16.2. The van der Waals surface area contributed by atoms with Crippen LogP contribution in [0.5, 0.6) is 5.75 Å². The SMILES string of the molecule is CC(C)(C)Oc1ccc(S([O+]=S(=O)(O)c2ccccc2)(c2ccccc2)c2ccccc2)cc1. The van der Waals surface area contributed by atoms with Crippen LogP contribution < -0.4 is 4.74 Å². The van der Waals surface area contributed by atoms with Gasteiger partial charge in [-0.1, -0.05) is 54.6 Å². The summed E-state index contributed by atoms with van der Waals surface area (Å²) < 4.78 is 37.4.